The van der Waals surface area contributed by atoms with Crippen LogP contribution in [0.3, 0.4) is 0 Å². The Hall–Kier alpha value is -1.56. The molecule has 0 saturated heterocycles. The van der Waals surface area contributed by atoms with Crippen molar-refractivity contribution in [2.45, 2.75) is 6.42 Å². The lowest BCUT2D eigenvalue weighted by Crippen LogP contribution is -2.08. The van der Waals surface area contributed by atoms with E-state index in [1.54, 1.807) is 12.1 Å². The van der Waals surface area contributed by atoms with Gasteiger partial charge in [-0.05, 0) is 24.3 Å². The molecule has 0 amide bonds. The molecule has 0 saturated carbocycles. The quantitative estimate of drug-likeness (QED) is 0.452. The van der Waals surface area contributed by atoms with Crippen LogP contribution in [0.15, 0.2) is 24.3 Å². The molecule has 0 heterocycles. The van der Waals surface area contributed by atoms with Crippen molar-refractivity contribution < 1.29 is 22.4 Å². The van der Waals surface area contributed by atoms with Crippen LogP contribution in [0.4, 0.5) is 3.89 Å². The third-order valence-electron chi connectivity index (χ3n) is 1.84. The number of ketones is 1. The molecule has 0 N–H and O–H groups in total. The van der Waals surface area contributed by atoms with E-state index in [1.165, 1.54) is 19.2 Å². The maximum absolute atomic E-state index is 11.5. The first-order valence-corrected chi connectivity index (χ1v) is 4.97. The van der Waals surface area contributed by atoms with Crippen LogP contribution in [0, 0.1) is 0 Å². The number of benzene rings is 1. The molecule has 0 unspecified atom stereocenters. The number of halogens is 1. The second-order valence-electron chi connectivity index (χ2n) is 2.85. The second-order valence-corrected chi connectivity index (χ2v) is 3.14. The summed E-state index contributed by atoms with van der Waals surface area (Å²) in [6, 6.07) is 6.25. The van der Waals surface area contributed by atoms with E-state index in [2.05, 4.69) is 4.18 Å². The number of ether oxygens (including phenoxy) is 1. The zero-order valence-electron chi connectivity index (χ0n) is 8.44. The molecule has 1 aromatic rings. The summed E-state index contributed by atoms with van der Waals surface area (Å²) in [5, 5.41) is 0. The predicted molar refractivity (Wildman–Crippen MR) is 56.7 cm³/mol. The van der Waals surface area contributed by atoms with Crippen molar-refractivity contribution in [3.63, 3.8) is 0 Å². The highest BCUT2D eigenvalue weighted by Gasteiger charge is 2.13. The molecule has 86 valence electrons. The first-order chi connectivity index (χ1) is 7.67. The number of hydrogen-bond acceptors (Lipinski definition) is 5. The summed E-state index contributed by atoms with van der Waals surface area (Å²) < 4.78 is 20.4. The molecule has 0 aromatic heterocycles. The summed E-state index contributed by atoms with van der Waals surface area (Å²) in [4.78, 5) is 22.3. The first kappa shape index (κ1) is 12.5. The lowest BCUT2D eigenvalue weighted by Gasteiger charge is -2.01. The molecule has 1 rings (SSSR count). The number of hydrogen-bond donors (Lipinski definition) is 0. The summed E-state index contributed by atoms with van der Waals surface area (Å²) >= 11 is -0.569. The third-order valence-corrected chi connectivity index (χ3v) is 2.09. The summed E-state index contributed by atoms with van der Waals surface area (Å²) in [7, 11) is 1.51. The lowest BCUT2D eigenvalue weighted by molar-refractivity contribution is -0.132. The SMILES string of the molecule is COc1ccc(C(=O)CC(=O)OSF)cc1. The Morgan fingerprint density at radius 3 is 2.44 bits per heavy atom. The van der Waals surface area contributed by atoms with E-state index in [0.29, 0.717) is 11.3 Å². The van der Waals surface area contributed by atoms with Crippen LogP contribution in [0.1, 0.15) is 16.8 Å². The molecular formula is C10H9FO4S. The van der Waals surface area contributed by atoms with Gasteiger partial charge in [-0.2, -0.15) is 0 Å². The van der Waals surface area contributed by atoms with Gasteiger partial charge in [0.1, 0.15) is 12.2 Å². The van der Waals surface area contributed by atoms with E-state index in [-0.39, 0.29) is 0 Å². The minimum absolute atomic E-state index is 0.349. The summed E-state index contributed by atoms with van der Waals surface area (Å²) in [6.07, 6.45) is -0.483. The van der Waals surface area contributed by atoms with E-state index in [4.69, 9.17) is 4.74 Å². The Morgan fingerprint density at radius 1 is 1.31 bits per heavy atom. The van der Waals surface area contributed by atoms with E-state index < -0.39 is 30.6 Å². The Bertz CT molecular complexity index is 377. The maximum atomic E-state index is 11.5. The van der Waals surface area contributed by atoms with Gasteiger partial charge >= 0.3 is 5.97 Å². The highest BCUT2D eigenvalue weighted by molar-refractivity contribution is 7.89. The standard InChI is InChI=1S/C10H9FO4S/c1-14-8-4-2-7(3-5-8)9(12)6-10(13)15-16-11/h2-5H,6H2,1H3. The molecule has 4 nitrogen and oxygen atoms in total. The largest absolute Gasteiger partial charge is 0.497 e. The molecule has 0 spiro atoms. The van der Waals surface area contributed by atoms with Crippen molar-refractivity contribution in [3.05, 3.63) is 29.8 Å². The first-order valence-electron chi connectivity index (χ1n) is 4.32. The van der Waals surface area contributed by atoms with Crippen molar-refractivity contribution in [1.29, 1.82) is 0 Å². The number of Topliss-reactive ketones (excluding diaryl/α,β-unsaturated/α-hetero) is 1. The van der Waals surface area contributed by atoms with Gasteiger partial charge in [-0.25, -0.2) is 0 Å². The number of carbonyl (C=O) groups is 2. The van der Waals surface area contributed by atoms with Gasteiger partial charge < -0.3 is 8.92 Å². The molecule has 0 radical (unpaired) electrons. The van der Waals surface area contributed by atoms with Crippen LogP contribution < -0.4 is 4.74 Å². The van der Waals surface area contributed by atoms with Crippen molar-refractivity contribution >= 4 is 24.2 Å². The lowest BCUT2D eigenvalue weighted by atomic mass is 10.1. The average molecular weight is 244 g/mol. The minimum atomic E-state index is -0.909. The van der Waals surface area contributed by atoms with Gasteiger partial charge in [0.25, 0.3) is 12.4 Å². The van der Waals surface area contributed by atoms with Gasteiger partial charge in [-0.15, -0.1) is 3.89 Å². The Kier molecular flexibility index (Phi) is 4.78. The molecule has 6 heteroatoms. The zero-order valence-corrected chi connectivity index (χ0v) is 9.25. The molecule has 0 aliphatic carbocycles. The van der Waals surface area contributed by atoms with E-state index >= 15 is 0 Å². The number of rotatable bonds is 5. The molecule has 16 heavy (non-hydrogen) atoms. The van der Waals surface area contributed by atoms with E-state index in [0.717, 1.165) is 0 Å². The fourth-order valence-electron chi connectivity index (χ4n) is 1.07. The molecule has 0 atom stereocenters. The van der Waals surface area contributed by atoms with Crippen molar-refractivity contribution in [2.24, 2.45) is 0 Å². The van der Waals surface area contributed by atoms with Crippen molar-refractivity contribution in [3.8, 4) is 5.75 Å². The Morgan fingerprint density at radius 2 is 1.94 bits per heavy atom. The summed E-state index contributed by atoms with van der Waals surface area (Å²) in [6.45, 7) is 0. The normalized spacial score (nSPS) is 9.62. The maximum Gasteiger partial charge on any atom is 0.327 e. The van der Waals surface area contributed by atoms with Crippen LogP contribution in [-0.2, 0) is 8.98 Å². The van der Waals surface area contributed by atoms with Gasteiger partial charge in [0.15, 0.2) is 5.78 Å². The zero-order chi connectivity index (χ0) is 12.0. The van der Waals surface area contributed by atoms with Gasteiger partial charge in [0.2, 0.25) is 0 Å². The second kappa shape index (κ2) is 6.12. The Balaban J connectivity index is 2.62. The predicted octanol–water partition coefficient (Wildman–Crippen LogP) is 2.34. The van der Waals surface area contributed by atoms with Crippen molar-refractivity contribution in [2.75, 3.05) is 7.11 Å². The minimum Gasteiger partial charge on any atom is -0.497 e. The number of carbonyl (C=O) groups excluding carboxylic acids is 2. The number of methoxy groups -OCH3 is 1. The van der Waals surface area contributed by atoms with Crippen molar-refractivity contribution in [1.82, 2.24) is 0 Å². The van der Waals surface area contributed by atoms with Crippen LogP contribution in [0.5, 0.6) is 5.75 Å². The summed E-state index contributed by atoms with van der Waals surface area (Å²) in [5.74, 6) is -0.728. The molecule has 1 aromatic carbocycles. The topological polar surface area (TPSA) is 52.6 Å². The van der Waals surface area contributed by atoms with E-state index in [1.807, 2.05) is 0 Å². The molecular weight excluding hydrogens is 235 g/mol. The van der Waals surface area contributed by atoms with Gasteiger partial charge in [0, 0.05) is 5.56 Å². The van der Waals surface area contributed by atoms with Gasteiger partial charge in [0.05, 0.1) is 7.11 Å². The highest BCUT2D eigenvalue weighted by Crippen LogP contribution is 2.13. The van der Waals surface area contributed by atoms with Gasteiger partial charge in [-0.3, -0.25) is 9.59 Å². The third kappa shape index (κ3) is 3.54. The molecule has 0 bridgehead atoms. The van der Waals surface area contributed by atoms with Crippen LogP contribution in [0.25, 0.3) is 0 Å². The summed E-state index contributed by atoms with van der Waals surface area (Å²) in [5.41, 5.74) is 0.349. The van der Waals surface area contributed by atoms with Crippen LogP contribution in [0.2, 0.25) is 0 Å². The fourth-order valence-corrected chi connectivity index (χ4v) is 1.20. The fraction of sp³-hybridized carbons (Fsp3) is 0.200. The highest BCUT2D eigenvalue weighted by atomic mass is 32.2. The monoisotopic (exact) mass is 244 g/mol. The van der Waals surface area contributed by atoms with Crippen LogP contribution >= 0.6 is 12.4 Å². The smallest absolute Gasteiger partial charge is 0.327 e. The van der Waals surface area contributed by atoms with Crippen LogP contribution in [-0.4, -0.2) is 18.9 Å². The van der Waals surface area contributed by atoms with E-state index in [9.17, 15) is 13.5 Å². The molecule has 0 aliphatic rings. The average Bonchev–Trinajstić information content (AvgIpc) is 2.29. The van der Waals surface area contributed by atoms with Gasteiger partial charge in [-0.1, -0.05) is 0 Å². The molecule has 0 fully saturated rings. The Labute approximate surface area is 96.2 Å². The molecule has 0 aliphatic heterocycles.